The average Bonchev–Trinajstić information content (AvgIpc) is 2.69. The molecule has 2 N–H and O–H groups in total. The van der Waals surface area contributed by atoms with Gasteiger partial charge in [-0.25, -0.2) is 0 Å². The van der Waals surface area contributed by atoms with Gasteiger partial charge < -0.3 is 25.2 Å². The Labute approximate surface area is 161 Å². The quantitative estimate of drug-likeness (QED) is 0.578. The van der Waals surface area contributed by atoms with Gasteiger partial charge in [-0.1, -0.05) is 0 Å². The van der Waals surface area contributed by atoms with Crippen molar-refractivity contribution >= 4 is 34.9 Å². The van der Waals surface area contributed by atoms with Crippen molar-refractivity contribution in [1.29, 1.82) is 0 Å². The van der Waals surface area contributed by atoms with Crippen molar-refractivity contribution in [3.05, 3.63) is 6.07 Å². The van der Waals surface area contributed by atoms with Gasteiger partial charge in [0.15, 0.2) is 5.11 Å². The standard InChI is InChI=1S/C18H30N6OS/c1-25-13-8-19-18(26)22-17-20-15(23-9-4-2-5-10-23)14-16(21-17)24-11-6-3-7-12-24/h14H,2-13H2,1H3,(H2,19,20,21,22,26). The van der Waals surface area contributed by atoms with Crippen LogP contribution in [0, 0.1) is 0 Å². The molecule has 2 fully saturated rings. The predicted molar refractivity (Wildman–Crippen MR) is 110 cm³/mol. The van der Waals surface area contributed by atoms with Gasteiger partial charge >= 0.3 is 0 Å². The Morgan fingerprint density at radius 3 is 2.04 bits per heavy atom. The van der Waals surface area contributed by atoms with Crippen molar-refractivity contribution < 1.29 is 4.74 Å². The number of hydrogen-bond donors (Lipinski definition) is 2. The summed E-state index contributed by atoms with van der Waals surface area (Å²) in [7, 11) is 1.67. The lowest BCUT2D eigenvalue weighted by Crippen LogP contribution is -2.35. The van der Waals surface area contributed by atoms with Crippen LogP contribution in [0.5, 0.6) is 0 Å². The molecule has 0 bridgehead atoms. The van der Waals surface area contributed by atoms with Gasteiger partial charge in [0.25, 0.3) is 0 Å². The summed E-state index contributed by atoms with van der Waals surface area (Å²) in [6, 6.07) is 2.14. The second-order valence-corrected chi connectivity index (χ2v) is 7.29. The molecule has 8 heteroatoms. The first-order valence-corrected chi connectivity index (χ1v) is 10.1. The number of thiocarbonyl (C=S) groups is 1. The molecule has 2 aliphatic rings. The number of piperidine rings is 2. The van der Waals surface area contributed by atoms with Crippen LogP contribution in [-0.2, 0) is 4.74 Å². The van der Waals surface area contributed by atoms with E-state index in [2.05, 4.69) is 26.5 Å². The van der Waals surface area contributed by atoms with E-state index in [0.29, 0.717) is 24.2 Å². The highest BCUT2D eigenvalue weighted by Crippen LogP contribution is 2.25. The van der Waals surface area contributed by atoms with Crippen molar-refractivity contribution in [3.8, 4) is 0 Å². The summed E-state index contributed by atoms with van der Waals surface area (Å²) < 4.78 is 5.04. The van der Waals surface area contributed by atoms with E-state index in [1.807, 2.05) is 0 Å². The fourth-order valence-corrected chi connectivity index (χ4v) is 3.65. The molecule has 1 aromatic rings. The molecule has 0 atom stereocenters. The van der Waals surface area contributed by atoms with E-state index < -0.39 is 0 Å². The van der Waals surface area contributed by atoms with E-state index in [0.717, 1.165) is 37.8 Å². The molecular formula is C18H30N6OS. The lowest BCUT2D eigenvalue weighted by atomic mass is 10.1. The van der Waals surface area contributed by atoms with Crippen molar-refractivity contribution in [1.82, 2.24) is 15.3 Å². The molecule has 3 heterocycles. The zero-order chi connectivity index (χ0) is 18.2. The first-order valence-electron chi connectivity index (χ1n) is 9.69. The van der Waals surface area contributed by atoms with Gasteiger partial charge in [-0.3, -0.25) is 0 Å². The van der Waals surface area contributed by atoms with Crippen LogP contribution in [0.2, 0.25) is 0 Å². The van der Waals surface area contributed by atoms with Gasteiger partial charge in [0, 0.05) is 45.9 Å². The van der Waals surface area contributed by atoms with Crippen LogP contribution in [0.3, 0.4) is 0 Å². The summed E-state index contributed by atoms with van der Waals surface area (Å²) >= 11 is 5.36. The number of nitrogens with one attached hydrogen (secondary N) is 2. The second kappa shape index (κ2) is 9.87. The zero-order valence-corrected chi connectivity index (χ0v) is 16.5. The summed E-state index contributed by atoms with van der Waals surface area (Å²) in [5, 5.41) is 6.80. The summed E-state index contributed by atoms with van der Waals surface area (Å²) in [6.45, 7) is 5.51. The van der Waals surface area contributed by atoms with E-state index in [1.54, 1.807) is 7.11 Å². The molecule has 0 unspecified atom stereocenters. The van der Waals surface area contributed by atoms with Gasteiger partial charge in [-0.05, 0) is 50.7 Å². The summed E-state index contributed by atoms with van der Waals surface area (Å²) in [6.07, 6.45) is 7.51. The van der Waals surface area contributed by atoms with Crippen LogP contribution in [0.4, 0.5) is 17.6 Å². The maximum Gasteiger partial charge on any atom is 0.232 e. The number of anilines is 3. The lowest BCUT2D eigenvalue weighted by Gasteiger charge is -2.31. The highest BCUT2D eigenvalue weighted by Gasteiger charge is 2.19. The number of rotatable bonds is 6. The molecule has 0 saturated carbocycles. The predicted octanol–water partition coefficient (Wildman–Crippen LogP) is 2.39. The highest BCUT2D eigenvalue weighted by atomic mass is 32.1. The SMILES string of the molecule is COCCNC(=S)Nc1nc(N2CCCCC2)cc(N2CCCCC2)n1. The Balaban J connectivity index is 1.76. The summed E-state index contributed by atoms with van der Waals surface area (Å²) in [5.74, 6) is 2.58. The molecule has 2 saturated heterocycles. The average molecular weight is 379 g/mol. The fourth-order valence-electron chi connectivity index (χ4n) is 3.46. The number of methoxy groups -OCH3 is 1. The summed E-state index contributed by atoms with van der Waals surface area (Å²) in [5.41, 5.74) is 0. The third-order valence-corrected chi connectivity index (χ3v) is 5.12. The van der Waals surface area contributed by atoms with Crippen LogP contribution in [-0.4, -0.2) is 61.5 Å². The monoisotopic (exact) mass is 378 g/mol. The summed E-state index contributed by atoms with van der Waals surface area (Å²) in [4.78, 5) is 14.2. The highest BCUT2D eigenvalue weighted by molar-refractivity contribution is 7.80. The molecule has 7 nitrogen and oxygen atoms in total. The molecule has 3 rings (SSSR count). The van der Waals surface area contributed by atoms with Crippen LogP contribution in [0.1, 0.15) is 38.5 Å². The van der Waals surface area contributed by atoms with Gasteiger partial charge in [-0.2, -0.15) is 9.97 Å². The minimum atomic E-state index is 0.530. The smallest absolute Gasteiger partial charge is 0.232 e. The van der Waals surface area contributed by atoms with E-state index in [4.69, 9.17) is 26.9 Å². The molecule has 0 radical (unpaired) electrons. The second-order valence-electron chi connectivity index (χ2n) is 6.88. The number of nitrogens with zero attached hydrogens (tertiary/aromatic N) is 4. The van der Waals surface area contributed by atoms with Gasteiger partial charge in [0.1, 0.15) is 11.6 Å². The van der Waals surface area contributed by atoms with Crippen molar-refractivity contribution in [2.75, 3.05) is 61.6 Å². The fraction of sp³-hybridized carbons (Fsp3) is 0.722. The van der Waals surface area contributed by atoms with Crippen LogP contribution >= 0.6 is 12.2 Å². The molecule has 0 spiro atoms. The van der Waals surface area contributed by atoms with E-state index in [-0.39, 0.29) is 0 Å². The lowest BCUT2D eigenvalue weighted by molar-refractivity contribution is 0.204. The van der Waals surface area contributed by atoms with Gasteiger partial charge in [-0.15, -0.1) is 0 Å². The minimum Gasteiger partial charge on any atom is -0.383 e. The molecule has 144 valence electrons. The normalized spacial score (nSPS) is 17.9. The van der Waals surface area contributed by atoms with Crippen molar-refractivity contribution in [3.63, 3.8) is 0 Å². The van der Waals surface area contributed by atoms with Crippen LogP contribution in [0.15, 0.2) is 6.07 Å². The molecule has 0 aromatic carbocycles. The maximum absolute atomic E-state index is 5.36. The molecule has 0 amide bonds. The minimum absolute atomic E-state index is 0.530. The van der Waals surface area contributed by atoms with Crippen molar-refractivity contribution in [2.24, 2.45) is 0 Å². The molecule has 2 aliphatic heterocycles. The topological polar surface area (TPSA) is 65.6 Å². The maximum atomic E-state index is 5.36. The number of hydrogen-bond acceptors (Lipinski definition) is 6. The Morgan fingerprint density at radius 1 is 1.00 bits per heavy atom. The molecule has 0 aliphatic carbocycles. The molecule has 26 heavy (non-hydrogen) atoms. The van der Waals surface area contributed by atoms with Crippen LogP contribution < -0.4 is 20.4 Å². The van der Waals surface area contributed by atoms with E-state index in [1.165, 1.54) is 38.5 Å². The number of ether oxygens (including phenoxy) is 1. The molecular weight excluding hydrogens is 348 g/mol. The number of aromatic nitrogens is 2. The van der Waals surface area contributed by atoms with Gasteiger partial charge in [0.2, 0.25) is 5.95 Å². The van der Waals surface area contributed by atoms with Crippen LogP contribution in [0.25, 0.3) is 0 Å². The first-order chi connectivity index (χ1) is 12.8. The van der Waals surface area contributed by atoms with E-state index >= 15 is 0 Å². The largest absolute Gasteiger partial charge is 0.383 e. The Hall–Kier alpha value is -1.67. The van der Waals surface area contributed by atoms with Crippen molar-refractivity contribution in [2.45, 2.75) is 38.5 Å². The Morgan fingerprint density at radius 2 is 1.54 bits per heavy atom. The Kier molecular flexibility index (Phi) is 7.25. The van der Waals surface area contributed by atoms with Gasteiger partial charge in [0.05, 0.1) is 6.61 Å². The third-order valence-electron chi connectivity index (χ3n) is 4.88. The first kappa shape index (κ1) is 19.1. The zero-order valence-electron chi connectivity index (χ0n) is 15.7. The Bertz CT molecular complexity index is 551. The third kappa shape index (κ3) is 5.41. The molecule has 1 aromatic heterocycles. The van der Waals surface area contributed by atoms with E-state index in [9.17, 15) is 0 Å².